The third-order valence-electron chi connectivity index (χ3n) is 2.16. The first-order valence-corrected chi connectivity index (χ1v) is 6.53. The monoisotopic (exact) mass is 255 g/mol. The second-order valence-electron chi connectivity index (χ2n) is 3.70. The highest BCUT2D eigenvalue weighted by atomic mass is 32.2. The highest BCUT2D eigenvalue weighted by molar-refractivity contribution is 7.89. The predicted molar refractivity (Wildman–Crippen MR) is 60.6 cm³/mol. The van der Waals surface area contributed by atoms with Gasteiger partial charge in [-0.3, -0.25) is 0 Å². The second kappa shape index (κ2) is 4.68. The number of aromatic amines is 1. The minimum Gasteiger partial charge on any atom is -0.336 e. The van der Waals surface area contributed by atoms with E-state index in [1.54, 1.807) is 30.2 Å². The van der Waals surface area contributed by atoms with Crippen LogP contribution in [0.25, 0.3) is 0 Å². The van der Waals surface area contributed by atoms with Crippen LogP contribution in [0.4, 0.5) is 0 Å². The SMILES string of the molecule is CC(Cn1ccnc1)NS(=O)(=O)c1cnc[nH]1. The summed E-state index contributed by atoms with van der Waals surface area (Å²) in [5, 5.41) is 0.0648. The van der Waals surface area contributed by atoms with E-state index in [0.717, 1.165) is 0 Å². The highest BCUT2D eigenvalue weighted by Gasteiger charge is 2.18. The molecule has 92 valence electrons. The molecule has 0 saturated carbocycles. The van der Waals surface area contributed by atoms with Gasteiger partial charge in [0.1, 0.15) is 0 Å². The Morgan fingerprint density at radius 3 is 2.94 bits per heavy atom. The summed E-state index contributed by atoms with van der Waals surface area (Å²) in [6.07, 6.45) is 7.67. The lowest BCUT2D eigenvalue weighted by atomic mass is 10.4. The van der Waals surface area contributed by atoms with Crippen molar-refractivity contribution in [1.82, 2.24) is 24.2 Å². The van der Waals surface area contributed by atoms with Gasteiger partial charge in [0, 0.05) is 25.0 Å². The average molecular weight is 255 g/mol. The Morgan fingerprint density at radius 1 is 1.53 bits per heavy atom. The molecule has 0 radical (unpaired) electrons. The first-order chi connectivity index (χ1) is 8.08. The van der Waals surface area contributed by atoms with Crippen LogP contribution in [0.5, 0.6) is 0 Å². The van der Waals surface area contributed by atoms with E-state index in [9.17, 15) is 8.42 Å². The number of nitrogens with zero attached hydrogens (tertiary/aromatic N) is 3. The molecule has 2 N–H and O–H groups in total. The zero-order valence-corrected chi connectivity index (χ0v) is 10.1. The fourth-order valence-corrected chi connectivity index (χ4v) is 2.61. The zero-order valence-electron chi connectivity index (χ0n) is 9.24. The summed E-state index contributed by atoms with van der Waals surface area (Å²) in [6.45, 7) is 2.31. The van der Waals surface area contributed by atoms with Crippen molar-refractivity contribution in [2.45, 2.75) is 24.5 Å². The predicted octanol–water partition coefficient (Wildman–Crippen LogP) is -0.0268. The van der Waals surface area contributed by atoms with Gasteiger partial charge in [0.15, 0.2) is 5.03 Å². The molecule has 0 spiro atoms. The third kappa shape index (κ3) is 2.92. The number of imidazole rings is 2. The van der Waals surface area contributed by atoms with E-state index < -0.39 is 10.0 Å². The Morgan fingerprint density at radius 2 is 2.35 bits per heavy atom. The lowest BCUT2D eigenvalue weighted by molar-refractivity contribution is 0.518. The van der Waals surface area contributed by atoms with Crippen LogP contribution in [0.3, 0.4) is 0 Å². The van der Waals surface area contributed by atoms with Crippen molar-refractivity contribution in [3.8, 4) is 0 Å². The zero-order chi connectivity index (χ0) is 12.3. The summed E-state index contributed by atoms with van der Waals surface area (Å²) in [6, 6.07) is -0.238. The first kappa shape index (κ1) is 11.8. The average Bonchev–Trinajstić information content (AvgIpc) is 2.87. The van der Waals surface area contributed by atoms with E-state index in [0.29, 0.717) is 6.54 Å². The standard InChI is InChI=1S/C9H13N5O2S/c1-8(5-14-3-2-10-7-14)13-17(15,16)9-4-11-6-12-9/h2-4,6-8,13H,5H2,1H3,(H,11,12). The van der Waals surface area contributed by atoms with Crippen molar-refractivity contribution in [3.63, 3.8) is 0 Å². The van der Waals surface area contributed by atoms with Gasteiger partial charge in [-0.2, -0.15) is 0 Å². The quantitative estimate of drug-likeness (QED) is 0.785. The molecule has 2 heterocycles. The maximum atomic E-state index is 11.8. The Labute approximate surface area is 99.0 Å². The lowest BCUT2D eigenvalue weighted by Gasteiger charge is -2.13. The van der Waals surface area contributed by atoms with Crippen molar-refractivity contribution < 1.29 is 8.42 Å². The van der Waals surface area contributed by atoms with Crippen molar-refractivity contribution in [2.24, 2.45) is 0 Å². The maximum Gasteiger partial charge on any atom is 0.257 e. The maximum absolute atomic E-state index is 11.8. The van der Waals surface area contributed by atoms with Crippen LogP contribution in [0.2, 0.25) is 0 Å². The van der Waals surface area contributed by atoms with Crippen molar-refractivity contribution >= 4 is 10.0 Å². The second-order valence-corrected chi connectivity index (χ2v) is 5.38. The molecule has 17 heavy (non-hydrogen) atoms. The molecule has 2 aromatic rings. The smallest absolute Gasteiger partial charge is 0.257 e. The Hall–Kier alpha value is -1.67. The van der Waals surface area contributed by atoms with Gasteiger partial charge in [0.05, 0.1) is 18.9 Å². The van der Waals surface area contributed by atoms with Gasteiger partial charge in [0.25, 0.3) is 10.0 Å². The van der Waals surface area contributed by atoms with Crippen LogP contribution in [0, 0.1) is 0 Å². The minimum absolute atomic E-state index is 0.0648. The minimum atomic E-state index is -3.52. The number of rotatable bonds is 5. The highest BCUT2D eigenvalue weighted by Crippen LogP contribution is 2.04. The lowest BCUT2D eigenvalue weighted by Crippen LogP contribution is -2.35. The molecule has 7 nitrogen and oxygen atoms in total. The molecule has 2 aromatic heterocycles. The van der Waals surface area contributed by atoms with Crippen LogP contribution < -0.4 is 4.72 Å². The van der Waals surface area contributed by atoms with E-state index in [2.05, 4.69) is 19.7 Å². The van der Waals surface area contributed by atoms with Crippen molar-refractivity contribution in [3.05, 3.63) is 31.2 Å². The normalized spacial score (nSPS) is 13.7. The number of sulfonamides is 1. The van der Waals surface area contributed by atoms with E-state index in [1.165, 1.54) is 12.5 Å². The largest absolute Gasteiger partial charge is 0.336 e. The molecule has 0 aliphatic carbocycles. The molecule has 1 atom stereocenters. The molecule has 0 bridgehead atoms. The van der Waals surface area contributed by atoms with Crippen LogP contribution >= 0.6 is 0 Å². The van der Waals surface area contributed by atoms with Crippen molar-refractivity contribution in [2.75, 3.05) is 0 Å². The molecule has 8 heteroatoms. The van der Waals surface area contributed by atoms with Crippen LogP contribution in [-0.2, 0) is 16.6 Å². The fourth-order valence-electron chi connectivity index (χ4n) is 1.47. The molecular formula is C9H13N5O2S. The van der Waals surface area contributed by atoms with Gasteiger partial charge in [-0.25, -0.2) is 23.1 Å². The van der Waals surface area contributed by atoms with E-state index in [-0.39, 0.29) is 11.1 Å². The molecule has 0 aromatic carbocycles. The summed E-state index contributed by atoms with van der Waals surface area (Å²) in [5.41, 5.74) is 0. The van der Waals surface area contributed by atoms with Gasteiger partial charge in [-0.05, 0) is 6.92 Å². The summed E-state index contributed by atoms with van der Waals surface area (Å²) in [4.78, 5) is 10.1. The molecule has 1 unspecified atom stereocenters. The van der Waals surface area contributed by atoms with E-state index in [1.807, 2.05) is 0 Å². The molecule has 0 aliphatic heterocycles. The van der Waals surface area contributed by atoms with Gasteiger partial charge in [0.2, 0.25) is 0 Å². The molecule has 0 saturated heterocycles. The topological polar surface area (TPSA) is 92.7 Å². The number of H-pyrrole nitrogens is 1. The van der Waals surface area contributed by atoms with E-state index in [4.69, 9.17) is 0 Å². The van der Waals surface area contributed by atoms with Gasteiger partial charge in [-0.1, -0.05) is 0 Å². The summed E-state index contributed by atoms with van der Waals surface area (Å²) >= 11 is 0. The van der Waals surface area contributed by atoms with Crippen molar-refractivity contribution in [1.29, 1.82) is 0 Å². The number of hydrogen-bond donors (Lipinski definition) is 2. The number of nitrogens with one attached hydrogen (secondary N) is 2. The fraction of sp³-hybridized carbons (Fsp3) is 0.333. The summed E-state index contributed by atoms with van der Waals surface area (Å²) < 4.78 is 28.0. The van der Waals surface area contributed by atoms with Crippen LogP contribution in [-0.4, -0.2) is 34.0 Å². The van der Waals surface area contributed by atoms with Crippen LogP contribution in [0.1, 0.15) is 6.92 Å². The molecule has 0 amide bonds. The summed E-state index contributed by atoms with van der Waals surface area (Å²) in [5.74, 6) is 0. The van der Waals surface area contributed by atoms with Gasteiger partial charge >= 0.3 is 0 Å². The molecule has 2 rings (SSSR count). The number of aromatic nitrogens is 4. The van der Waals surface area contributed by atoms with Gasteiger partial charge < -0.3 is 9.55 Å². The summed E-state index contributed by atoms with van der Waals surface area (Å²) in [7, 11) is -3.52. The molecule has 0 fully saturated rings. The molecular weight excluding hydrogens is 242 g/mol. The Balaban J connectivity index is 2.01. The Kier molecular flexibility index (Phi) is 3.25. The van der Waals surface area contributed by atoms with Gasteiger partial charge in [-0.15, -0.1) is 0 Å². The van der Waals surface area contributed by atoms with E-state index >= 15 is 0 Å². The Bertz CT molecular complexity index is 546. The van der Waals surface area contributed by atoms with Crippen LogP contribution in [0.15, 0.2) is 36.3 Å². The third-order valence-corrected chi connectivity index (χ3v) is 3.68. The molecule has 0 aliphatic rings. The first-order valence-electron chi connectivity index (χ1n) is 5.04. The number of hydrogen-bond acceptors (Lipinski definition) is 4.